The summed E-state index contributed by atoms with van der Waals surface area (Å²) in [6.07, 6.45) is 10.6. The van der Waals surface area contributed by atoms with Crippen molar-refractivity contribution in [1.82, 2.24) is 0 Å². The second-order valence-electron chi connectivity index (χ2n) is 25.0. The lowest BCUT2D eigenvalue weighted by molar-refractivity contribution is 0.485. The number of allylic oxidation sites excluding steroid dienone is 3. The summed E-state index contributed by atoms with van der Waals surface area (Å²) in [4.78, 5) is 11.5. The maximum absolute atomic E-state index is 7.33. The van der Waals surface area contributed by atoms with E-state index in [0.29, 0.717) is 0 Å². The first-order chi connectivity index (χ1) is 46.1. The summed E-state index contributed by atoms with van der Waals surface area (Å²) in [6, 6.07) is 113. The van der Waals surface area contributed by atoms with E-state index in [1.807, 2.05) is 11.8 Å². The Hall–Kier alpha value is -10.9. The minimum absolute atomic E-state index is 0.000366. The molecule has 4 unspecified atom stereocenters. The van der Waals surface area contributed by atoms with Gasteiger partial charge in [0.15, 0.2) is 0 Å². The van der Waals surface area contributed by atoms with E-state index in [0.717, 1.165) is 62.4 Å². The number of fused-ring (bicyclic) bond motifs is 8. The molecular weight excluding hydrogens is 1150 g/mol. The maximum Gasteiger partial charge on any atom is 0.228 e. The van der Waals surface area contributed by atoms with Crippen LogP contribution in [0.25, 0.3) is 33.4 Å². The fraction of sp³-hybridized carbons (Fsp3) is 0.0588. The molecule has 440 valence electrons. The average Bonchev–Trinajstić information content (AvgIpc) is 0.694. The van der Waals surface area contributed by atoms with Crippen LogP contribution in [0.1, 0.15) is 5.56 Å². The molecule has 12 aromatic carbocycles. The number of para-hydroxylation sites is 7. The Morgan fingerprint density at radius 2 is 1.01 bits per heavy atom. The molecule has 0 bridgehead atoms. The Labute approximate surface area is 549 Å². The van der Waals surface area contributed by atoms with E-state index in [9.17, 15) is 0 Å². The number of ether oxygens (including phenoxy) is 1. The summed E-state index contributed by atoms with van der Waals surface area (Å²) in [5, 5.41) is 0.0285. The lowest BCUT2D eigenvalue weighted by Gasteiger charge is -2.56. The van der Waals surface area contributed by atoms with Gasteiger partial charge in [-0.3, -0.25) is 0 Å². The van der Waals surface area contributed by atoms with Crippen molar-refractivity contribution < 1.29 is 4.74 Å². The Morgan fingerprint density at radius 3 is 1.72 bits per heavy atom. The molecule has 4 heterocycles. The lowest BCUT2D eigenvalue weighted by atomic mass is 9.25. The van der Waals surface area contributed by atoms with Crippen LogP contribution in [0.2, 0.25) is 11.6 Å². The molecule has 5 nitrogen and oxygen atoms in total. The van der Waals surface area contributed by atoms with Crippen LogP contribution in [0.4, 0.5) is 45.5 Å². The highest BCUT2D eigenvalue weighted by molar-refractivity contribution is 8.00. The highest BCUT2D eigenvalue weighted by Gasteiger charge is 2.57. The van der Waals surface area contributed by atoms with E-state index in [-0.39, 0.29) is 36.4 Å². The molecule has 0 saturated carbocycles. The molecule has 0 aromatic heterocycles. The molecule has 12 aromatic rings. The van der Waals surface area contributed by atoms with Crippen LogP contribution in [0, 0.1) is 6.92 Å². The van der Waals surface area contributed by atoms with E-state index in [1.165, 1.54) is 77.3 Å². The number of hydrogen-bond donors (Lipinski definition) is 0. The molecule has 8 heteroatoms. The predicted octanol–water partition coefficient (Wildman–Crippen LogP) is 19.8. The van der Waals surface area contributed by atoms with Gasteiger partial charge in [-0.05, 0) is 148 Å². The van der Waals surface area contributed by atoms with E-state index in [4.69, 9.17) is 4.74 Å². The van der Waals surface area contributed by atoms with Gasteiger partial charge in [0, 0.05) is 78.7 Å². The van der Waals surface area contributed by atoms with Crippen LogP contribution in [-0.2, 0) is 0 Å². The summed E-state index contributed by atoms with van der Waals surface area (Å²) in [5.74, 6) is 1.88. The lowest BCUT2D eigenvalue weighted by Crippen LogP contribution is -2.62. The van der Waals surface area contributed by atoms with Crippen molar-refractivity contribution in [3.63, 3.8) is 0 Å². The van der Waals surface area contributed by atoms with Gasteiger partial charge in [-0.25, -0.2) is 0 Å². The third kappa shape index (κ3) is 9.25. The van der Waals surface area contributed by atoms with Gasteiger partial charge in [-0.2, -0.15) is 0 Å². The number of rotatable bonds is 11. The van der Waals surface area contributed by atoms with Gasteiger partial charge in [0.05, 0.1) is 23.1 Å². The quantitative estimate of drug-likeness (QED) is 0.120. The van der Waals surface area contributed by atoms with Gasteiger partial charge in [-0.15, -0.1) is 11.8 Å². The van der Waals surface area contributed by atoms with E-state index < -0.39 is 0 Å². The van der Waals surface area contributed by atoms with Crippen molar-refractivity contribution in [2.75, 3.05) is 19.6 Å². The Balaban J connectivity index is 0.882. The molecule has 0 amide bonds. The van der Waals surface area contributed by atoms with Gasteiger partial charge in [0.2, 0.25) is 13.4 Å². The molecular formula is C85H62B2N4OS. The normalized spacial score (nSPS) is 17.7. The van der Waals surface area contributed by atoms with Crippen molar-refractivity contribution in [2.45, 2.75) is 34.7 Å². The zero-order valence-corrected chi connectivity index (χ0v) is 52.1. The topological polar surface area (TPSA) is 22.2 Å². The molecule has 6 aliphatic rings. The predicted molar refractivity (Wildman–Crippen MR) is 391 cm³/mol. The van der Waals surface area contributed by atoms with Crippen LogP contribution in [0.5, 0.6) is 11.5 Å². The van der Waals surface area contributed by atoms with Crippen LogP contribution >= 0.6 is 11.8 Å². The van der Waals surface area contributed by atoms with Crippen LogP contribution < -0.4 is 40.7 Å². The zero-order chi connectivity index (χ0) is 61.5. The summed E-state index contributed by atoms with van der Waals surface area (Å²) >= 11 is 2.00. The smallest absolute Gasteiger partial charge is 0.228 e. The molecule has 4 atom stereocenters. The van der Waals surface area contributed by atoms with Gasteiger partial charge in [0.25, 0.3) is 0 Å². The van der Waals surface area contributed by atoms with E-state index in [1.54, 1.807) is 0 Å². The van der Waals surface area contributed by atoms with Crippen molar-refractivity contribution in [1.29, 1.82) is 0 Å². The number of aryl methyl sites for hydroxylation is 1. The minimum atomic E-state index is -0.155. The second-order valence-corrected chi connectivity index (χ2v) is 26.3. The number of nitrogens with zero attached hydrogens (tertiary/aromatic N) is 4. The highest BCUT2D eigenvalue weighted by Crippen LogP contribution is 2.59. The molecule has 2 aliphatic carbocycles. The summed E-state index contributed by atoms with van der Waals surface area (Å²) in [5.41, 5.74) is 26.1. The summed E-state index contributed by atoms with van der Waals surface area (Å²) < 4.78 is 7.33. The zero-order valence-electron chi connectivity index (χ0n) is 51.3. The fourth-order valence-electron chi connectivity index (χ4n) is 16.0. The van der Waals surface area contributed by atoms with Gasteiger partial charge >= 0.3 is 0 Å². The number of thioether (sulfide) groups is 1. The molecule has 0 radical (unpaired) electrons. The molecule has 4 aliphatic heterocycles. The Morgan fingerprint density at radius 1 is 0.441 bits per heavy atom. The van der Waals surface area contributed by atoms with Gasteiger partial charge in [0.1, 0.15) is 11.5 Å². The van der Waals surface area contributed by atoms with Crippen molar-refractivity contribution in [2.24, 2.45) is 0 Å². The average molecular weight is 1210 g/mol. The largest absolute Gasteiger partial charge is 0.458 e. The Kier molecular flexibility index (Phi) is 13.5. The second kappa shape index (κ2) is 22.8. The number of benzene rings is 12. The van der Waals surface area contributed by atoms with Crippen LogP contribution in [0.3, 0.4) is 0 Å². The SMILES string of the molecule is Cc1cccc(-c2ccccc2)c1N1C2=CC3Sc4cc(N(c5ccc(-c6ccccc6)cc5)c5ccccc5-c5ccccc5)cc5c4B(c4ccccc4O5)C3C=C2B2c3ccccc3N(c3ccccc3)C3=CC(N(c4ccccc4)c4ccccc4)=CC1C23. The van der Waals surface area contributed by atoms with Crippen molar-refractivity contribution in [3.8, 4) is 44.9 Å². The first-order valence-electron chi connectivity index (χ1n) is 32.5. The standard InChI is InChI=1S/C85H62B2N4OS/c1-57-27-26-41-69(61-32-12-4-13-33-61)85(57)91-76-56-81-73(55-72(76)86-70-42-21-24-45-75(70)90(64-38-18-7-19-39-64)77-51-66(52-78(91)83(77)86)88(62-34-14-5-15-35-62)63-36-16-6-17-37-63)87-71-43-22-25-46-79(71)92-80-53-67(54-82(93-81)84(80)87)89(65-49-47-59(48-50-65)58-28-8-2-9-29-58)74-44-23-20-40-68(74)60-30-10-3-11-31-60/h2-56,73,78,81,83H,1H3. The maximum atomic E-state index is 7.33. The molecule has 93 heavy (non-hydrogen) atoms. The molecule has 0 spiro atoms. The van der Waals surface area contributed by atoms with Crippen molar-refractivity contribution in [3.05, 3.63) is 362 Å². The molecule has 1 saturated heterocycles. The first-order valence-corrected chi connectivity index (χ1v) is 33.3. The fourth-order valence-corrected chi connectivity index (χ4v) is 17.4. The molecule has 0 N–H and O–H groups in total. The summed E-state index contributed by atoms with van der Waals surface area (Å²) in [6.45, 7) is 2.33. The van der Waals surface area contributed by atoms with Crippen LogP contribution in [-0.4, -0.2) is 24.7 Å². The third-order valence-electron chi connectivity index (χ3n) is 19.8. The first kappa shape index (κ1) is 55.0. The van der Waals surface area contributed by atoms with E-state index in [2.05, 4.69) is 360 Å². The van der Waals surface area contributed by atoms with Gasteiger partial charge < -0.3 is 24.3 Å². The van der Waals surface area contributed by atoms with E-state index >= 15 is 0 Å². The van der Waals surface area contributed by atoms with Crippen LogP contribution in [0.15, 0.2) is 361 Å². The molecule has 1 fully saturated rings. The highest BCUT2D eigenvalue weighted by atomic mass is 32.2. The minimum Gasteiger partial charge on any atom is -0.458 e. The number of anilines is 8. The number of hydrogen-bond acceptors (Lipinski definition) is 6. The van der Waals surface area contributed by atoms with Crippen molar-refractivity contribution >= 4 is 87.1 Å². The monoisotopic (exact) mass is 1210 g/mol. The van der Waals surface area contributed by atoms with Gasteiger partial charge in [-0.1, -0.05) is 242 Å². The molecule has 18 rings (SSSR count). The Bertz CT molecular complexity index is 4950. The third-order valence-corrected chi connectivity index (χ3v) is 21.2. The summed E-state index contributed by atoms with van der Waals surface area (Å²) in [7, 11) is 0.